The van der Waals surface area contributed by atoms with E-state index in [1.165, 1.54) is 0 Å². The van der Waals surface area contributed by atoms with Crippen LogP contribution in [0.1, 0.15) is 12.5 Å². The molecule has 2 aromatic rings. The average Bonchev–Trinajstić information content (AvgIpc) is 2.57. The monoisotopic (exact) mass is 393 g/mol. The summed E-state index contributed by atoms with van der Waals surface area (Å²) in [5.74, 6) is 0.507. The Morgan fingerprint density at radius 2 is 1.88 bits per heavy atom. The molecule has 6 nitrogen and oxygen atoms in total. The number of carbonyl (C=O) groups excluding carboxylic acids is 1. The molecular formula is C17H20BrN3O3. The molecule has 0 saturated carbocycles. The van der Waals surface area contributed by atoms with E-state index in [-0.39, 0.29) is 6.61 Å². The second-order valence-corrected chi connectivity index (χ2v) is 5.78. The Kier molecular flexibility index (Phi) is 6.89. The van der Waals surface area contributed by atoms with Gasteiger partial charge in [0.25, 0.3) is 5.91 Å². The highest BCUT2D eigenvalue weighted by molar-refractivity contribution is 9.10. The number of halogens is 1. The highest BCUT2D eigenvalue weighted by atomic mass is 79.9. The van der Waals surface area contributed by atoms with Crippen LogP contribution in [0.25, 0.3) is 0 Å². The topological polar surface area (TPSA) is 85.6 Å². The summed E-state index contributed by atoms with van der Waals surface area (Å²) in [5.41, 5.74) is 13.3. The number of hydrazine groups is 1. The van der Waals surface area contributed by atoms with Crippen molar-refractivity contribution in [2.24, 2.45) is 5.73 Å². The minimum Gasteiger partial charge on any atom is -0.490 e. The van der Waals surface area contributed by atoms with Gasteiger partial charge in [0, 0.05) is 16.7 Å². The molecule has 128 valence electrons. The fourth-order valence-corrected chi connectivity index (χ4v) is 2.47. The number of rotatable bonds is 9. The molecule has 0 bridgehead atoms. The van der Waals surface area contributed by atoms with E-state index in [0.717, 1.165) is 15.7 Å². The lowest BCUT2D eigenvalue weighted by molar-refractivity contribution is -0.119. The first-order chi connectivity index (χ1) is 11.6. The van der Waals surface area contributed by atoms with Gasteiger partial charge in [0.15, 0.2) is 18.1 Å². The highest BCUT2D eigenvalue weighted by Crippen LogP contribution is 2.33. The normalized spacial score (nSPS) is 10.2. The first-order valence-electron chi connectivity index (χ1n) is 7.50. The number of para-hydroxylation sites is 1. The molecule has 0 saturated heterocycles. The number of hydrogen-bond donors (Lipinski definition) is 3. The Labute approximate surface area is 149 Å². The summed E-state index contributed by atoms with van der Waals surface area (Å²) >= 11 is 3.51. The number of nitrogens with one attached hydrogen (secondary N) is 2. The van der Waals surface area contributed by atoms with Crippen molar-refractivity contribution in [3.63, 3.8) is 0 Å². The SMILES string of the molecule is CCOc1cc(CNNc2ccccc2)c(Br)cc1OCC(N)=O. The number of hydrogen-bond acceptors (Lipinski definition) is 5. The lowest BCUT2D eigenvalue weighted by atomic mass is 10.2. The fraction of sp³-hybridized carbons (Fsp3) is 0.235. The summed E-state index contributed by atoms with van der Waals surface area (Å²) < 4.78 is 11.8. The summed E-state index contributed by atoms with van der Waals surface area (Å²) in [5, 5.41) is 0. The van der Waals surface area contributed by atoms with Gasteiger partial charge in [-0.2, -0.15) is 0 Å². The molecule has 2 aromatic carbocycles. The maximum absolute atomic E-state index is 10.9. The van der Waals surface area contributed by atoms with E-state index in [4.69, 9.17) is 15.2 Å². The Hall–Kier alpha value is -2.25. The summed E-state index contributed by atoms with van der Waals surface area (Å²) in [4.78, 5) is 10.9. The van der Waals surface area contributed by atoms with Gasteiger partial charge < -0.3 is 20.6 Å². The summed E-state index contributed by atoms with van der Waals surface area (Å²) in [6.07, 6.45) is 0. The molecule has 0 aliphatic carbocycles. The molecule has 0 aliphatic heterocycles. The van der Waals surface area contributed by atoms with Gasteiger partial charge in [0.05, 0.1) is 6.61 Å². The smallest absolute Gasteiger partial charge is 0.255 e. The molecule has 0 atom stereocenters. The maximum atomic E-state index is 10.9. The first kappa shape index (κ1) is 18.1. The average molecular weight is 394 g/mol. The molecule has 0 unspecified atom stereocenters. The van der Waals surface area contributed by atoms with Crippen LogP contribution in [0.3, 0.4) is 0 Å². The van der Waals surface area contributed by atoms with E-state index in [2.05, 4.69) is 26.8 Å². The number of primary amides is 1. The first-order valence-corrected chi connectivity index (χ1v) is 8.29. The maximum Gasteiger partial charge on any atom is 0.255 e. The molecule has 0 radical (unpaired) electrons. The third-order valence-corrected chi connectivity index (χ3v) is 3.81. The number of nitrogens with two attached hydrogens (primary N) is 1. The van der Waals surface area contributed by atoms with E-state index in [9.17, 15) is 4.79 Å². The standard InChI is InChI=1S/C17H20BrN3O3/c1-2-23-15-8-12(10-20-21-13-6-4-3-5-7-13)14(18)9-16(15)24-11-17(19)22/h3-9,20-21H,2,10-11H2,1H3,(H2,19,22). The zero-order valence-corrected chi connectivity index (χ0v) is 14.9. The van der Waals surface area contributed by atoms with Crippen molar-refractivity contribution in [3.8, 4) is 11.5 Å². The van der Waals surface area contributed by atoms with Crippen LogP contribution in [0.2, 0.25) is 0 Å². The van der Waals surface area contributed by atoms with Gasteiger partial charge in [-0.1, -0.05) is 34.1 Å². The van der Waals surface area contributed by atoms with E-state index in [1.54, 1.807) is 6.07 Å². The summed E-state index contributed by atoms with van der Waals surface area (Å²) in [7, 11) is 0. The molecule has 1 amide bonds. The van der Waals surface area contributed by atoms with Crippen LogP contribution in [0.15, 0.2) is 46.9 Å². The van der Waals surface area contributed by atoms with Gasteiger partial charge >= 0.3 is 0 Å². The van der Waals surface area contributed by atoms with Crippen molar-refractivity contribution in [2.75, 3.05) is 18.6 Å². The predicted molar refractivity (Wildman–Crippen MR) is 96.9 cm³/mol. The molecule has 2 rings (SSSR count). The van der Waals surface area contributed by atoms with E-state index < -0.39 is 5.91 Å². The molecule has 0 heterocycles. The highest BCUT2D eigenvalue weighted by Gasteiger charge is 2.11. The Morgan fingerprint density at radius 3 is 2.54 bits per heavy atom. The lowest BCUT2D eigenvalue weighted by Crippen LogP contribution is -2.21. The molecular weight excluding hydrogens is 374 g/mol. The number of benzene rings is 2. The van der Waals surface area contributed by atoms with Gasteiger partial charge in [0.2, 0.25) is 0 Å². The Morgan fingerprint density at radius 1 is 1.17 bits per heavy atom. The van der Waals surface area contributed by atoms with Crippen LogP contribution < -0.4 is 26.1 Å². The van der Waals surface area contributed by atoms with Crippen LogP contribution in [0.5, 0.6) is 11.5 Å². The zero-order chi connectivity index (χ0) is 17.4. The molecule has 0 fully saturated rings. The van der Waals surface area contributed by atoms with Crippen molar-refractivity contribution in [3.05, 3.63) is 52.5 Å². The van der Waals surface area contributed by atoms with Crippen molar-refractivity contribution >= 4 is 27.5 Å². The Balaban J connectivity index is 2.06. The Bertz CT molecular complexity index is 680. The lowest BCUT2D eigenvalue weighted by Gasteiger charge is -2.15. The van der Waals surface area contributed by atoms with Crippen molar-refractivity contribution in [1.29, 1.82) is 0 Å². The van der Waals surface area contributed by atoms with Crippen LogP contribution in [0.4, 0.5) is 5.69 Å². The summed E-state index contributed by atoms with van der Waals surface area (Å²) in [6, 6.07) is 13.4. The molecule has 0 aromatic heterocycles. The number of ether oxygens (including phenoxy) is 2. The minimum atomic E-state index is -0.536. The number of anilines is 1. The van der Waals surface area contributed by atoms with Crippen molar-refractivity contribution < 1.29 is 14.3 Å². The minimum absolute atomic E-state index is 0.195. The second-order valence-electron chi connectivity index (χ2n) is 4.92. The quantitative estimate of drug-likeness (QED) is 0.570. The molecule has 7 heteroatoms. The van der Waals surface area contributed by atoms with Gasteiger partial charge in [-0.15, -0.1) is 0 Å². The van der Waals surface area contributed by atoms with Gasteiger partial charge in [-0.05, 0) is 36.8 Å². The van der Waals surface area contributed by atoms with Crippen LogP contribution in [0, 0.1) is 0 Å². The van der Waals surface area contributed by atoms with E-state index in [1.807, 2.05) is 43.3 Å². The zero-order valence-electron chi connectivity index (χ0n) is 13.3. The largest absolute Gasteiger partial charge is 0.490 e. The molecule has 4 N–H and O–H groups in total. The third kappa shape index (κ3) is 5.43. The van der Waals surface area contributed by atoms with E-state index in [0.29, 0.717) is 24.7 Å². The fourth-order valence-electron chi connectivity index (χ4n) is 2.01. The summed E-state index contributed by atoms with van der Waals surface area (Å²) in [6.45, 7) is 2.74. The number of carbonyl (C=O) groups is 1. The van der Waals surface area contributed by atoms with Gasteiger partial charge in [-0.3, -0.25) is 4.79 Å². The van der Waals surface area contributed by atoms with Crippen LogP contribution >= 0.6 is 15.9 Å². The number of amides is 1. The van der Waals surface area contributed by atoms with Crippen molar-refractivity contribution in [1.82, 2.24) is 5.43 Å². The van der Waals surface area contributed by atoms with Crippen molar-refractivity contribution in [2.45, 2.75) is 13.5 Å². The molecule has 0 spiro atoms. The molecule has 0 aliphatic rings. The molecule has 24 heavy (non-hydrogen) atoms. The van der Waals surface area contributed by atoms with Gasteiger partial charge in [-0.25, -0.2) is 5.43 Å². The van der Waals surface area contributed by atoms with Gasteiger partial charge in [0.1, 0.15) is 0 Å². The van der Waals surface area contributed by atoms with Crippen LogP contribution in [-0.4, -0.2) is 19.1 Å². The predicted octanol–water partition coefficient (Wildman–Crippen LogP) is 2.83. The second kappa shape index (κ2) is 9.14. The third-order valence-electron chi connectivity index (χ3n) is 3.07. The van der Waals surface area contributed by atoms with Crippen LogP contribution in [-0.2, 0) is 11.3 Å². The van der Waals surface area contributed by atoms with E-state index >= 15 is 0 Å².